The standard InChI is InChI=1S/C22H28N8O2/c1-5-30-16(22(31)24-13-7-8-13)10-15-19-18(23-12-28(19)3)20(26-21(15)30)25-17-9-14(11-32-6-2)29(4)27-17/h9-10,12-13H,5-8,11H2,1-4H3,(H,24,31)(H,25,26,27). The van der Waals surface area contributed by atoms with Crippen molar-refractivity contribution in [2.75, 3.05) is 11.9 Å². The molecule has 32 heavy (non-hydrogen) atoms. The summed E-state index contributed by atoms with van der Waals surface area (Å²) in [4.78, 5) is 22.4. The normalized spacial score (nSPS) is 13.9. The summed E-state index contributed by atoms with van der Waals surface area (Å²) in [6, 6.07) is 4.17. The van der Waals surface area contributed by atoms with Gasteiger partial charge >= 0.3 is 0 Å². The number of ether oxygens (including phenoxy) is 1. The zero-order chi connectivity index (χ0) is 22.4. The summed E-state index contributed by atoms with van der Waals surface area (Å²) in [5.41, 5.74) is 4.00. The van der Waals surface area contributed by atoms with Gasteiger partial charge in [0.05, 0.1) is 24.1 Å². The van der Waals surface area contributed by atoms with Crippen molar-refractivity contribution in [2.24, 2.45) is 14.1 Å². The number of pyridine rings is 1. The zero-order valence-electron chi connectivity index (χ0n) is 18.8. The van der Waals surface area contributed by atoms with E-state index in [1.165, 1.54) is 0 Å². The number of hydrogen-bond acceptors (Lipinski definition) is 6. The maximum Gasteiger partial charge on any atom is 0.268 e. The van der Waals surface area contributed by atoms with E-state index in [0.717, 1.165) is 40.6 Å². The Morgan fingerprint density at radius 2 is 2.06 bits per heavy atom. The number of carbonyl (C=O) groups is 1. The second-order valence-corrected chi connectivity index (χ2v) is 8.18. The molecule has 10 heteroatoms. The summed E-state index contributed by atoms with van der Waals surface area (Å²) >= 11 is 0. The minimum Gasteiger partial charge on any atom is -0.375 e. The maximum atomic E-state index is 12.9. The third-order valence-electron chi connectivity index (χ3n) is 5.84. The fourth-order valence-electron chi connectivity index (χ4n) is 4.03. The quantitative estimate of drug-likeness (QED) is 0.440. The summed E-state index contributed by atoms with van der Waals surface area (Å²) in [5.74, 6) is 1.22. The van der Waals surface area contributed by atoms with E-state index < -0.39 is 0 Å². The lowest BCUT2D eigenvalue weighted by atomic mass is 10.2. The van der Waals surface area contributed by atoms with Crippen LogP contribution in [0.25, 0.3) is 22.1 Å². The molecule has 0 aromatic carbocycles. The average molecular weight is 437 g/mol. The van der Waals surface area contributed by atoms with Crippen LogP contribution < -0.4 is 10.6 Å². The Balaban J connectivity index is 1.60. The topological polar surface area (TPSA) is 104 Å². The van der Waals surface area contributed by atoms with Crippen molar-refractivity contribution in [3.63, 3.8) is 0 Å². The van der Waals surface area contributed by atoms with Gasteiger partial charge in [0.15, 0.2) is 11.6 Å². The molecule has 0 unspecified atom stereocenters. The summed E-state index contributed by atoms with van der Waals surface area (Å²) in [6.07, 6.45) is 3.86. The Morgan fingerprint density at radius 3 is 2.78 bits per heavy atom. The highest BCUT2D eigenvalue weighted by molar-refractivity contribution is 6.10. The lowest BCUT2D eigenvalue weighted by molar-refractivity contribution is 0.0942. The molecule has 0 spiro atoms. The van der Waals surface area contributed by atoms with Crippen LogP contribution in [0, 0.1) is 0 Å². The van der Waals surface area contributed by atoms with Crippen molar-refractivity contribution in [1.29, 1.82) is 0 Å². The molecular formula is C22H28N8O2. The fourth-order valence-corrected chi connectivity index (χ4v) is 4.03. The summed E-state index contributed by atoms with van der Waals surface area (Å²) < 4.78 is 11.2. The number of anilines is 2. The number of amides is 1. The lowest BCUT2D eigenvalue weighted by Gasteiger charge is -2.09. The van der Waals surface area contributed by atoms with E-state index in [2.05, 4.69) is 20.7 Å². The van der Waals surface area contributed by atoms with E-state index in [0.29, 0.717) is 43.1 Å². The molecule has 0 aliphatic heterocycles. The van der Waals surface area contributed by atoms with Crippen LogP contribution in [0.15, 0.2) is 18.5 Å². The van der Waals surface area contributed by atoms with Gasteiger partial charge < -0.3 is 24.5 Å². The van der Waals surface area contributed by atoms with Crippen LogP contribution in [0.2, 0.25) is 0 Å². The van der Waals surface area contributed by atoms with E-state index in [-0.39, 0.29) is 5.91 Å². The van der Waals surface area contributed by atoms with Gasteiger partial charge in [0.2, 0.25) is 0 Å². The summed E-state index contributed by atoms with van der Waals surface area (Å²) in [5, 5.41) is 11.9. The van der Waals surface area contributed by atoms with Crippen molar-refractivity contribution in [3.05, 3.63) is 29.8 Å². The van der Waals surface area contributed by atoms with Crippen molar-refractivity contribution in [3.8, 4) is 0 Å². The Morgan fingerprint density at radius 1 is 1.25 bits per heavy atom. The first-order valence-corrected chi connectivity index (χ1v) is 11.0. The van der Waals surface area contributed by atoms with Gasteiger partial charge in [-0.3, -0.25) is 9.48 Å². The van der Waals surface area contributed by atoms with Crippen LogP contribution in [0.3, 0.4) is 0 Å². The minimum atomic E-state index is -0.0533. The number of nitrogens with one attached hydrogen (secondary N) is 2. The van der Waals surface area contributed by atoms with Gasteiger partial charge in [-0.05, 0) is 32.8 Å². The molecule has 2 N–H and O–H groups in total. The molecular weight excluding hydrogens is 408 g/mol. The number of hydrogen-bond donors (Lipinski definition) is 2. The Labute approximate surface area is 185 Å². The van der Waals surface area contributed by atoms with Crippen LogP contribution in [-0.2, 0) is 32.0 Å². The highest BCUT2D eigenvalue weighted by Crippen LogP contribution is 2.32. The van der Waals surface area contributed by atoms with Crippen molar-refractivity contribution >= 4 is 39.6 Å². The van der Waals surface area contributed by atoms with Gasteiger partial charge in [0.1, 0.15) is 16.9 Å². The Hall–Kier alpha value is -3.40. The van der Waals surface area contributed by atoms with Crippen LogP contribution in [0.5, 0.6) is 0 Å². The summed E-state index contributed by atoms with van der Waals surface area (Å²) in [6.45, 7) is 5.76. The first-order chi connectivity index (χ1) is 15.5. The van der Waals surface area contributed by atoms with Crippen LogP contribution in [-0.4, -0.2) is 47.4 Å². The molecule has 5 rings (SSSR count). The number of fused-ring (bicyclic) bond motifs is 3. The second kappa shape index (κ2) is 7.94. The number of carbonyl (C=O) groups excluding carboxylic acids is 1. The molecule has 168 valence electrons. The molecule has 0 bridgehead atoms. The maximum absolute atomic E-state index is 12.9. The number of nitrogens with zero attached hydrogens (tertiary/aromatic N) is 6. The molecule has 0 radical (unpaired) electrons. The molecule has 1 amide bonds. The molecule has 4 aromatic rings. The Bertz CT molecular complexity index is 1310. The van der Waals surface area contributed by atoms with E-state index in [1.54, 1.807) is 11.0 Å². The monoisotopic (exact) mass is 436 g/mol. The van der Waals surface area contributed by atoms with Crippen LogP contribution >= 0.6 is 0 Å². The Kier molecular flexibility index (Phi) is 5.09. The van der Waals surface area contributed by atoms with Crippen molar-refractivity contribution < 1.29 is 9.53 Å². The molecule has 1 aliphatic rings. The smallest absolute Gasteiger partial charge is 0.268 e. The highest BCUT2D eigenvalue weighted by atomic mass is 16.5. The SMILES string of the molecule is CCOCc1cc(Nc2nc3c(cc(C(=O)NC4CC4)n3CC)c3c2ncn3C)nn1C. The zero-order valence-corrected chi connectivity index (χ0v) is 18.8. The minimum absolute atomic E-state index is 0.0533. The van der Waals surface area contributed by atoms with Crippen molar-refractivity contribution in [2.45, 2.75) is 45.9 Å². The number of rotatable bonds is 8. The van der Waals surface area contributed by atoms with Crippen molar-refractivity contribution in [1.82, 2.24) is 34.2 Å². The fraction of sp³-hybridized carbons (Fsp3) is 0.455. The number of imidazole rings is 1. The van der Waals surface area contributed by atoms with Gasteiger partial charge in [-0.2, -0.15) is 5.10 Å². The molecule has 0 saturated heterocycles. The predicted octanol–water partition coefficient (Wildman–Crippen LogP) is 2.85. The molecule has 4 aromatic heterocycles. The largest absolute Gasteiger partial charge is 0.375 e. The van der Waals surface area contributed by atoms with E-state index in [9.17, 15) is 4.79 Å². The van der Waals surface area contributed by atoms with Gasteiger partial charge in [0.25, 0.3) is 5.91 Å². The summed E-state index contributed by atoms with van der Waals surface area (Å²) in [7, 11) is 3.84. The van der Waals surface area contributed by atoms with Crippen LogP contribution in [0.4, 0.5) is 11.6 Å². The molecule has 10 nitrogen and oxygen atoms in total. The number of aromatic nitrogens is 6. The third-order valence-corrected chi connectivity index (χ3v) is 5.84. The molecule has 1 aliphatic carbocycles. The first kappa shape index (κ1) is 20.5. The van der Waals surface area contributed by atoms with E-state index >= 15 is 0 Å². The second-order valence-electron chi connectivity index (χ2n) is 8.18. The first-order valence-electron chi connectivity index (χ1n) is 11.0. The van der Waals surface area contributed by atoms with E-state index in [4.69, 9.17) is 9.72 Å². The van der Waals surface area contributed by atoms with Gasteiger partial charge in [0, 0.05) is 44.7 Å². The van der Waals surface area contributed by atoms with Gasteiger partial charge in [-0.1, -0.05) is 0 Å². The third kappa shape index (κ3) is 3.50. The molecule has 0 atom stereocenters. The highest BCUT2D eigenvalue weighted by Gasteiger charge is 2.27. The molecule has 1 fully saturated rings. The average Bonchev–Trinajstić information content (AvgIpc) is 3.22. The van der Waals surface area contributed by atoms with Gasteiger partial charge in [-0.15, -0.1) is 0 Å². The molecule has 4 heterocycles. The van der Waals surface area contributed by atoms with E-state index in [1.807, 2.05) is 49.2 Å². The predicted molar refractivity (Wildman–Crippen MR) is 122 cm³/mol. The van der Waals surface area contributed by atoms with Crippen LogP contribution in [0.1, 0.15) is 42.9 Å². The number of aryl methyl sites for hydroxylation is 3. The lowest BCUT2D eigenvalue weighted by Crippen LogP contribution is -2.27. The molecule has 1 saturated carbocycles. The van der Waals surface area contributed by atoms with Gasteiger partial charge in [-0.25, -0.2) is 9.97 Å².